The minimum absolute atomic E-state index is 0.263. The van der Waals surface area contributed by atoms with E-state index in [-0.39, 0.29) is 5.54 Å². The van der Waals surface area contributed by atoms with Crippen molar-refractivity contribution in [1.29, 1.82) is 0 Å². The minimum Gasteiger partial charge on any atom is -0.360 e. The van der Waals surface area contributed by atoms with Crippen LogP contribution in [-0.2, 0) is 0 Å². The van der Waals surface area contributed by atoms with Gasteiger partial charge in [0, 0.05) is 12.4 Å². The van der Waals surface area contributed by atoms with Gasteiger partial charge in [0.05, 0.1) is 22.6 Å². The lowest BCUT2D eigenvalue weighted by molar-refractivity contribution is 0.00194. The Balaban J connectivity index is 1.42. The molecule has 2 heterocycles. The average molecular weight is 307 g/mol. The second-order valence-corrected chi connectivity index (χ2v) is 8.26. The molecule has 2 aromatic heterocycles. The monoisotopic (exact) mass is 307 g/mol. The molecule has 0 radical (unpaired) electrons. The number of nitrogens with one attached hydrogen (secondary N) is 2. The van der Waals surface area contributed by atoms with Crippen molar-refractivity contribution >= 4 is 6.21 Å². The van der Waals surface area contributed by atoms with Crippen molar-refractivity contribution in [3.8, 4) is 11.4 Å². The summed E-state index contributed by atoms with van der Waals surface area (Å²) in [5, 5.41) is 0. The molecule has 6 rings (SSSR count). The summed E-state index contributed by atoms with van der Waals surface area (Å²) in [6, 6.07) is 6.35. The van der Waals surface area contributed by atoms with Gasteiger partial charge in [0.1, 0.15) is 0 Å². The van der Waals surface area contributed by atoms with Crippen molar-refractivity contribution in [3.63, 3.8) is 0 Å². The molecule has 3 heteroatoms. The molecule has 23 heavy (non-hydrogen) atoms. The molecule has 0 saturated heterocycles. The van der Waals surface area contributed by atoms with Gasteiger partial charge in [0.15, 0.2) is 0 Å². The third-order valence-corrected chi connectivity index (χ3v) is 6.42. The Kier molecular flexibility index (Phi) is 2.88. The van der Waals surface area contributed by atoms with E-state index >= 15 is 0 Å². The Hall–Kier alpha value is -1.77. The van der Waals surface area contributed by atoms with Crippen LogP contribution in [0.1, 0.15) is 49.8 Å². The Bertz CT molecular complexity index is 700. The van der Waals surface area contributed by atoms with Gasteiger partial charge in [-0.1, -0.05) is 0 Å². The SMILES string of the molecule is Cc1cc(-c2ccc[nH]2)[nH]c1C=NC12CC3CC(CC(C3)C1)C2. The maximum atomic E-state index is 5.17. The van der Waals surface area contributed by atoms with E-state index in [0.717, 1.165) is 29.1 Å². The van der Waals surface area contributed by atoms with Gasteiger partial charge < -0.3 is 9.97 Å². The zero-order chi connectivity index (χ0) is 15.4. The standard InChI is InChI=1S/C20H25N3/c1-13-5-18(17-3-2-4-21-17)23-19(13)12-22-20-9-14-6-15(10-20)8-16(7-14)11-20/h2-5,12,14-16,21,23H,6-11H2,1H3. The van der Waals surface area contributed by atoms with Crippen LogP contribution in [0.5, 0.6) is 0 Å². The van der Waals surface area contributed by atoms with E-state index in [9.17, 15) is 0 Å². The van der Waals surface area contributed by atoms with Crippen LogP contribution >= 0.6 is 0 Å². The lowest BCUT2D eigenvalue weighted by Gasteiger charge is -2.54. The summed E-state index contributed by atoms with van der Waals surface area (Å²) < 4.78 is 0. The van der Waals surface area contributed by atoms with Crippen LogP contribution in [0.15, 0.2) is 29.4 Å². The second kappa shape index (κ2) is 4.86. The van der Waals surface area contributed by atoms with Crippen LogP contribution in [0.4, 0.5) is 0 Å². The third kappa shape index (κ3) is 2.29. The van der Waals surface area contributed by atoms with Crippen molar-refractivity contribution < 1.29 is 0 Å². The Labute approximate surface area is 137 Å². The molecule has 4 aliphatic rings. The molecule has 0 unspecified atom stereocenters. The Morgan fingerprint density at radius 2 is 1.78 bits per heavy atom. The summed E-state index contributed by atoms with van der Waals surface area (Å²) in [6.45, 7) is 2.17. The first kappa shape index (κ1) is 13.6. The van der Waals surface area contributed by atoms with Crippen LogP contribution in [0.25, 0.3) is 11.4 Å². The molecule has 3 nitrogen and oxygen atoms in total. The number of aromatic nitrogens is 2. The van der Waals surface area contributed by atoms with Crippen LogP contribution in [-0.4, -0.2) is 21.7 Å². The number of nitrogens with zero attached hydrogens (tertiary/aromatic N) is 1. The fourth-order valence-electron chi connectivity index (χ4n) is 5.78. The second-order valence-electron chi connectivity index (χ2n) is 8.26. The Morgan fingerprint density at radius 1 is 1.09 bits per heavy atom. The van der Waals surface area contributed by atoms with Gasteiger partial charge in [-0.2, -0.15) is 0 Å². The third-order valence-electron chi connectivity index (χ3n) is 6.42. The number of H-pyrrole nitrogens is 2. The van der Waals surface area contributed by atoms with Gasteiger partial charge in [0.25, 0.3) is 0 Å². The van der Waals surface area contributed by atoms with Crippen molar-refractivity contribution in [2.45, 2.75) is 51.0 Å². The quantitative estimate of drug-likeness (QED) is 0.772. The summed E-state index contributed by atoms with van der Waals surface area (Å²) in [7, 11) is 0. The first-order valence-corrected chi connectivity index (χ1v) is 9.08. The fourth-order valence-corrected chi connectivity index (χ4v) is 5.78. The highest BCUT2D eigenvalue weighted by atomic mass is 14.9. The smallest absolute Gasteiger partial charge is 0.0627 e. The van der Waals surface area contributed by atoms with E-state index in [0.29, 0.717) is 0 Å². The van der Waals surface area contributed by atoms with E-state index in [1.165, 1.54) is 49.8 Å². The van der Waals surface area contributed by atoms with Crippen molar-refractivity contribution in [1.82, 2.24) is 9.97 Å². The highest BCUT2D eigenvalue weighted by Gasteiger charge is 2.50. The van der Waals surface area contributed by atoms with Crippen LogP contribution in [0.2, 0.25) is 0 Å². The van der Waals surface area contributed by atoms with E-state index in [2.05, 4.69) is 35.2 Å². The fraction of sp³-hybridized carbons (Fsp3) is 0.550. The van der Waals surface area contributed by atoms with Crippen LogP contribution in [0.3, 0.4) is 0 Å². The van der Waals surface area contributed by atoms with Crippen LogP contribution in [0, 0.1) is 24.7 Å². The predicted octanol–water partition coefficient (Wildman–Crippen LogP) is 4.71. The maximum Gasteiger partial charge on any atom is 0.0627 e. The molecule has 0 aliphatic heterocycles. The highest BCUT2D eigenvalue weighted by molar-refractivity contribution is 5.82. The van der Waals surface area contributed by atoms with E-state index < -0.39 is 0 Å². The van der Waals surface area contributed by atoms with Gasteiger partial charge >= 0.3 is 0 Å². The predicted molar refractivity (Wildman–Crippen MR) is 93.8 cm³/mol. The molecule has 2 N–H and O–H groups in total. The summed E-state index contributed by atoms with van der Waals surface area (Å²) in [4.78, 5) is 12.0. The minimum atomic E-state index is 0.263. The number of aliphatic imine (C=N–C) groups is 1. The van der Waals surface area contributed by atoms with E-state index in [1.807, 2.05) is 12.3 Å². The Morgan fingerprint density at radius 3 is 2.39 bits per heavy atom. The van der Waals surface area contributed by atoms with Gasteiger partial charge in [-0.15, -0.1) is 0 Å². The maximum absolute atomic E-state index is 5.17. The molecule has 0 spiro atoms. The first-order chi connectivity index (χ1) is 11.2. The number of hydrogen-bond acceptors (Lipinski definition) is 1. The zero-order valence-corrected chi connectivity index (χ0v) is 13.8. The summed E-state index contributed by atoms with van der Waals surface area (Å²) in [6.07, 6.45) is 12.5. The first-order valence-electron chi connectivity index (χ1n) is 9.08. The molecule has 4 saturated carbocycles. The summed E-state index contributed by atoms with van der Waals surface area (Å²) in [5.41, 5.74) is 5.01. The van der Waals surface area contributed by atoms with Crippen molar-refractivity contribution in [3.05, 3.63) is 35.7 Å². The molecule has 4 aliphatic carbocycles. The summed E-state index contributed by atoms with van der Waals surface area (Å²) >= 11 is 0. The molecule has 4 fully saturated rings. The zero-order valence-electron chi connectivity index (χ0n) is 13.8. The van der Waals surface area contributed by atoms with Crippen LogP contribution < -0.4 is 0 Å². The highest BCUT2D eigenvalue weighted by Crippen LogP contribution is 2.57. The largest absolute Gasteiger partial charge is 0.360 e. The van der Waals surface area contributed by atoms with Gasteiger partial charge in [0.2, 0.25) is 0 Å². The number of aromatic amines is 2. The number of aryl methyl sites for hydroxylation is 1. The molecule has 0 amide bonds. The number of hydrogen-bond donors (Lipinski definition) is 2. The summed E-state index contributed by atoms with van der Waals surface area (Å²) in [5.74, 6) is 2.87. The molecule has 0 aromatic carbocycles. The number of rotatable bonds is 3. The molecular weight excluding hydrogens is 282 g/mol. The molecule has 120 valence electrons. The van der Waals surface area contributed by atoms with Gasteiger partial charge in [-0.05, 0) is 87.0 Å². The lowest BCUT2D eigenvalue weighted by Crippen LogP contribution is -2.49. The van der Waals surface area contributed by atoms with E-state index in [4.69, 9.17) is 4.99 Å². The molecular formula is C20H25N3. The topological polar surface area (TPSA) is 43.9 Å². The van der Waals surface area contributed by atoms with Gasteiger partial charge in [-0.25, -0.2) is 0 Å². The average Bonchev–Trinajstić information content (AvgIpc) is 3.13. The molecule has 0 atom stereocenters. The normalized spacial score (nSPS) is 35.4. The van der Waals surface area contributed by atoms with Gasteiger partial charge in [-0.3, -0.25) is 4.99 Å². The van der Waals surface area contributed by atoms with Crippen molar-refractivity contribution in [2.75, 3.05) is 0 Å². The van der Waals surface area contributed by atoms with E-state index in [1.54, 1.807) is 0 Å². The van der Waals surface area contributed by atoms with Crippen molar-refractivity contribution in [2.24, 2.45) is 22.7 Å². The molecule has 2 aromatic rings. The molecule has 4 bridgehead atoms. The lowest BCUT2D eigenvalue weighted by atomic mass is 9.53.